The lowest BCUT2D eigenvalue weighted by Crippen LogP contribution is -2.11. The van der Waals surface area contributed by atoms with Gasteiger partial charge in [0.1, 0.15) is 0 Å². The van der Waals surface area contributed by atoms with Crippen molar-refractivity contribution in [2.45, 2.75) is 26.4 Å². The first kappa shape index (κ1) is 13.5. The van der Waals surface area contributed by atoms with Crippen LogP contribution in [0.2, 0.25) is 0 Å². The SMILES string of the molecule is CC/C=C(\c1cccc(C(C)=N)c1)C(F)(F)F. The fourth-order valence-corrected chi connectivity index (χ4v) is 1.52. The molecule has 1 rings (SSSR count). The molecular formula is C13H14F3N. The lowest BCUT2D eigenvalue weighted by Gasteiger charge is -2.13. The van der Waals surface area contributed by atoms with Crippen LogP contribution in [0.3, 0.4) is 0 Å². The predicted octanol–water partition coefficient (Wildman–Crippen LogP) is 4.43. The van der Waals surface area contributed by atoms with Crippen LogP contribution >= 0.6 is 0 Å². The molecule has 0 saturated carbocycles. The van der Waals surface area contributed by atoms with E-state index in [9.17, 15) is 13.2 Å². The van der Waals surface area contributed by atoms with Gasteiger partial charge in [-0.15, -0.1) is 0 Å². The van der Waals surface area contributed by atoms with E-state index < -0.39 is 11.7 Å². The topological polar surface area (TPSA) is 23.9 Å². The summed E-state index contributed by atoms with van der Waals surface area (Å²) in [6.45, 7) is 3.22. The van der Waals surface area contributed by atoms with E-state index in [4.69, 9.17) is 5.41 Å². The van der Waals surface area contributed by atoms with Crippen molar-refractivity contribution in [2.75, 3.05) is 0 Å². The summed E-state index contributed by atoms with van der Waals surface area (Å²) in [6.07, 6.45) is -2.87. The molecule has 0 radical (unpaired) electrons. The molecule has 0 atom stereocenters. The van der Waals surface area contributed by atoms with Crippen LogP contribution in [0.1, 0.15) is 31.4 Å². The normalized spacial score (nSPS) is 12.6. The fraction of sp³-hybridized carbons (Fsp3) is 0.308. The van der Waals surface area contributed by atoms with Crippen molar-refractivity contribution in [3.05, 3.63) is 41.5 Å². The number of rotatable bonds is 3. The van der Waals surface area contributed by atoms with E-state index in [1.165, 1.54) is 24.3 Å². The van der Waals surface area contributed by atoms with E-state index in [1.807, 2.05) is 0 Å². The van der Waals surface area contributed by atoms with Crippen LogP contribution in [0.4, 0.5) is 13.2 Å². The number of allylic oxidation sites excluding steroid dienone is 2. The largest absolute Gasteiger partial charge is 0.416 e. The quantitative estimate of drug-likeness (QED) is 0.757. The van der Waals surface area contributed by atoms with Crippen molar-refractivity contribution in [1.82, 2.24) is 0 Å². The van der Waals surface area contributed by atoms with Crippen LogP contribution in [0.15, 0.2) is 30.3 Å². The van der Waals surface area contributed by atoms with Crippen LogP contribution < -0.4 is 0 Å². The van der Waals surface area contributed by atoms with Crippen molar-refractivity contribution in [1.29, 1.82) is 5.41 Å². The molecular weight excluding hydrogens is 227 g/mol. The predicted molar refractivity (Wildman–Crippen MR) is 63.3 cm³/mol. The molecule has 0 fully saturated rings. The second kappa shape index (κ2) is 5.17. The molecule has 92 valence electrons. The third-order valence-corrected chi connectivity index (χ3v) is 2.32. The number of hydrogen-bond donors (Lipinski definition) is 1. The van der Waals surface area contributed by atoms with Gasteiger partial charge in [0.15, 0.2) is 0 Å². The zero-order valence-corrected chi connectivity index (χ0v) is 9.73. The summed E-state index contributed by atoms with van der Waals surface area (Å²) in [5.41, 5.74) is 0.241. The number of hydrogen-bond acceptors (Lipinski definition) is 1. The molecule has 17 heavy (non-hydrogen) atoms. The maximum atomic E-state index is 12.8. The fourth-order valence-electron chi connectivity index (χ4n) is 1.52. The second-order valence-electron chi connectivity index (χ2n) is 3.73. The molecule has 0 spiro atoms. The van der Waals surface area contributed by atoms with Crippen LogP contribution in [0.5, 0.6) is 0 Å². The molecule has 1 N–H and O–H groups in total. The van der Waals surface area contributed by atoms with Crippen molar-refractivity contribution in [2.24, 2.45) is 0 Å². The zero-order chi connectivity index (χ0) is 13.1. The van der Waals surface area contributed by atoms with E-state index in [-0.39, 0.29) is 11.3 Å². The summed E-state index contributed by atoms with van der Waals surface area (Å²) >= 11 is 0. The highest BCUT2D eigenvalue weighted by Crippen LogP contribution is 2.34. The van der Waals surface area contributed by atoms with E-state index >= 15 is 0 Å². The molecule has 0 aliphatic rings. The molecule has 0 saturated heterocycles. The van der Waals surface area contributed by atoms with Crippen molar-refractivity contribution < 1.29 is 13.2 Å². The van der Waals surface area contributed by atoms with Crippen LogP contribution in [0, 0.1) is 5.41 Å². The average Bonchev–Trinajstić information content (AvgIpc) is 2.24. The van der Waals surface area contributed by atoms with Crippen molar-refractivity contribution in [3.8, 4) is 0 Å². The Kier molecular flexibility index (Phi) is 4.10. The van der Waals surface area contributed by atoms with Gasteiger partial charge in [-0.1, -0.05) is 31.2 Å². The van der Waals surface area contributed by atoms with Crippen LogP contribution in [0.25, 0.3) is 5.57 Å². The molecule has 1 aromatic carbocycles. The van der Waals surface area contributed by atoms with E-state index in [1.54, 1.807) is 19.9 Å². The molecule has 0 heterocycles. The van der Waals surface area contributed by atoms with Gasteiger partial charge in [-0.2, -0.15) is 13.2 Å². The van der Waals surface area contributed by atoms with Gasteiger partial charge in [0.2, 0.25) is 0 Å². The molecule has 1 nitrogen and oxygen atoms in total. The Morgan fingerprint density at radius 3 is 2.35 bits per heavy atom. The Labute approximate surface area is 98.5 Å². The summed E-state index contributed by atoms with van der Waals surface area (Å²) < 4.78 is 38.4. The first-order valence-electron chi connectivity index (χ1n) is 5.29. The van der Waals surface area contributed by atoms with Gasteiger partial charge >= 0.3 is 6.18 Å². The molecule has 0 amide bonds. The number of alkyl halides is 3. The van der Waals surface area contributed by atoms with Crippen LogP contribution in [-0.2, 0) is 0 Å². The second-order valence-corrected chi connectivity index (χ2v) is 3.73. The average molecular weight is 241 g/mol. The highest BCUT2D eigenvalue weighted by atomic mass is 19.4. The Hall–Kier alpha value is -1.58. The maximum absolute atomic E-state index is 12.8. The van der Waals surface area contributed by atoms with E-state index in [2.05, 4.69) is 0 Å². The van der Waals surface area contributed by atoms with Gasteiger partial charge < -0.3 is 5.41 Å². The summed E-state index contributed by atoms with van der Waals surface area (Å²) in [5.74, 6) is 0. The van der Waals surface area contributed by atoms with Gasteiger partial charge in [-0.05, 0) is 30.5 Å². The highest BCUT2D eigenvalue weighted by Gasteiger charge is 2.34. The molecule has 4 heteroatoms. The van der Waals surface area contributed by atoms with Gasteiger partial charge in [-0.3, -0.25) is 0 Å². The lowest BCUT2D eigenvalue weighted by atomic mass is 10.0. The van der Waals surface area contributed by atoms with Gasteiger partial charge in [0.05, 0.1) is 5.57 Å². The number of nitrogens with one attached hydrogen (secondary N) is 1. The Balaban J connectivity index is 3.25. The molecule has 0 aliphatic carbocycles. The number of benzene rings is 1. The highest BCUT2D eigenvalue weighted by molar-refractivity contribution is 5.97. The van der Waals surface area contributed by atoms with Crippen molar-refractivity contribution in [3.63, 3.8) is 0 Å². The Morgan fingerprint density at radius 1 is 1.29 bits per heavy atom. The van der Waals surface area contributed by atoms with E-state index in [0.29, 0.717) is 12.0 Å². The Morgan fingerprint density at radius 2 is 1.88 bits per heavy atom. The summed E-state index contributed by atoms with van der Waals surface area (Å²) in [6, 6.07) is 5.99. The van der Waals surface area contributed by atoms with Gasteiger partial charge in [-0.25, -0.2) is 0 Å². The summed E-state index contributed by atoms with van der Waals surface area (Å²) in [7, 11) is 0. The molecule has 0 bridgehead atoms. The third-order valence-electron chi connectivity index (χ3n) is 2.32. The van der Waals surface area contributed by atoms with Crippen LogP contribution in [-0.4, -0.2) is 11.9 Å². The maximum Gasteiger partial charge on any atom is 0.416 e. The molecule has 0 unspecified atom stereocenters. The molecule has 0 aromatic heterocycles. The molecule has 0 aliphatic heterocycles. The summed E-state index contributed by atoms with van der Waals surface area (Å²) in [4.78, 5) is 0. The van der Waals surface area contributed by atoms with Crippen molar-refractivity contribution >= 4 is 11.3 Å². The minimum Gasteiger partial charge on any atom is -0.305 e. The Bertz CT molecular complexity index is 444. The lowest BCUT2D eigenvalue weighted by molar-refractivity contribution is -0.0690. The minimum absolute atomic E-state index is 0.114. The smallest absolute Gasteiger partial charge is 0.305 e. The van der Waals surface area contributed by atoms with Gasteiger partial charge in [0.25, 0.3) is 0 Å². The monoisotopic (exact) mass is 241 g/mol. The first-order chi connectivity index (χ1) is 7.86. The minimum atomic E-state index is -4.36. The first-order valence-corrected chi connectivity index (χ1v) is 5.29. The summed E-state index contributed by atoms with van der Waals surface area (Å²) in [5, 5.41) is 7.43. The van der Waals surface area contributed by atoms with E-state index in [0.717, 1.165) is 0 Å². The standard InChI is InChI=1S/C13H14F3N/c1-3-5-12(13(14,15)16)11-7-4-6-10(8-11)9(2)17/h4-8,17H,3H2,1-2H3/b12-5+,17-9?. The zero-order valence-electron chi connectivity index (χ0n) is 9.73. The van der Waals surface area contributed by atoms with Gasteiger partial charge in [0, 0.05) is 5.71 Å². The molecule has 1 aromatic rings. The number of halogens is 3. The third kappa shape index (κ3) is 3.44.